The summed E-state index contributed by atoms with van der Waals surface area (Å²) in [4.78, 5) is 5.41. The van der Waals surface area contributed by atoms with Crippen molar-refractivity contribution in [2.45, 2.75) is 13.8 Å². The average Bonchev–Trinajstić information content (AvgIpc) is 3.24. The Labute approximate surface area is 144 Å². The summed E-state index contributed by atoms with van der Waals surface area (Å²) in [6.45, 7) is 5.10. The maximum Gasteiger partial charge on any atom is 0.184 e. The van der Waals surface area contributed by atoms with Crippen LogP contribution >= 0.6 is 11.3 Å². The largest absolute Gasteiger partial charge is 0.463 e. The lowest BCUT2D eigenvalue weighted by Crippen LogP contribution is -2.07. The molecule has 0 amide bonds. The van der Waals surface area contributed by atoms with E-state index in [-0.39, 0.29) is 0 Å². The summed E-state index contributed by atoms with van der Waals surface area (Å²) in [5.41, 5.74) is 1.98. The summed E-state index contributed by atoms with van der Waals surface area (Å²) in [6.07, 6.45) is 1.61. The average molecular weight is 341 g/mol. The highest BCUT2D eigenvalue weighted by molar-refractivity contribution is 7.18. The third kappa shape index (κ3) is 3.49. The Balaban J connectivity index is 2.04. The van der Waals surface area contributed by atoms with Crippen molar-refractivity contribution in [3.8, 4) is 11.5 Å². The van der Waals surface area contributed by atoms with Crippen molar-refractivity contribution in [2.75, 3.05) is 11.9 Å². The van der Waals surface area contributed by atoms with Crippen molar-refractivity contribution in [1.29, 1.82) is 0 Å². The molecule has 2 heterocycles. The van der Waals surface area contributed by atoms with Gasteiger partial charge in [0.15, 0.2) is 10.9 Å². The van der Waals surface area contributed by atoms with E-state index in [2.05, 4.69) is 29.3 Å². The zero-order valence-electron chi connectivity index (χ0n) is 13.6. The molecular weight excluding hydrogens is 322 g/mol. The molecule has 0 saturated carbocycles. The number of nitrogens with zero attached hydrogens (tertiary/aromatic N) is 2. The second-order valence-corrected chi connectivity index (χ2v) is 6.76. The first-order chi connectivity index (χ1) is 11.7. The fraction of sp³-hybridized carbons (Fsp3) is 0.222. The molecule has 0 bridgehead atoms. The van der Waals surface area contributed by atoms with Gasteiger partial charge in [-0.25, -0.2) is 4.98 Å². The van der Waals surface area contributed by atoms with E-state index in [1.807, 2.05) is 42.5 Å². The first-order valence-corrected chi connectivity index (χ1v) is 8.57. The molecule has 5 nitrogen and oxygen atoms in total. The minimum atomic E-state index is 0.483. The van der Waals surface area contributed by atoms with Gasteiger partial charge in [-0.05, 0) is 18.1 Å². The molecule has 1 aromatic carbocycles. The van der Waals surface area contributed by atoms with Crippen LogP contribution in [0.15, 0.2) is 58.3 Å². The van der Waals surface area contributed by atoms with Crippen LogP contribution in [-0.2, 0) is 0 Å². The Hall–Kier alpha value is -2.60. The van der Waals surface area contributed by atoms with Crippen LogP contribution < -0.4 is 5.32 Å². The topological polar surface area (TPSA) is 70.7 Å². The molecule has 0 fully saturated rings. The first-order valence-electron chi connectivity index (χ1n) is 7.75. The van der Waals surface area contributed by atoms with E-state index >= 15 is 0 Å². The summed E-state index contributed by atoms with van der Waals surface area (Å²) in [5.74, 6) is 1.15. The number of rotatable bonds is 6. The van der Waals surface area contributed by atoms with Crippen molar-refractivity contribution >= 4 is 22.2 Å². The molecule has 0 unspecified atom stereocenters. The molecule has 3 rings (SSSR count). The lowest BCUT2D eigenvalue weighted by atomic mass is 10.1. The van der Waals surface area contributed by atoms with Crippen molar-refractivity contribution in [3.63, 3.8) is 0 Å². The fourth-order valence-electron chi connectivity index (χ4n) is 2.26. The molecule has 2 aromatic heterocycles. The number of nitrogens with one attached hydrogen (secondary N) is 1. The van der Waals surface area contributed by atoms with Crippen LogP contribution in [0.25, 0.3) is 11.5 Å². The van der Waals surface area contributed by atoms with Crippen LogP contribution in [0.4, 0.5) is 5.13 Å². The smallest absolute Gasteiger partial charge is 0.184 e. The van der Waals surface area contributed by atoms with Crippen molar-refractivity contribution in [3.05, 3.63) is 59.2 Å². The van der Waals surface area contributed by atoms with Gasteiger partial charge in [0.25, 0.3) is 0 Å². The van der Waals surface area contributed by atoms with E-state index in [1.54, 1.807) is 6.26 Å². The normalized spacial score (nSPS) is 11.9. The van der Waals surface area contributed by atoms with Gasteiger partial charge in [-0.15, -0.1) is 0 Å². The number of benzene rings is 1. The predicted molar refractivity (Wildman–Crippen MR) is 97.0 cm³/mol. The molecule has 3 aromatic rings. The number of hydrogen-bond donors (Lipinski definition) is 2. The molecule has 0 aliphatic heterocycles. The molecule has 6 heteroatoms. The van der Waals surface area contributed by atoms with E-state index in [0.717, 1.165) is 22.1 Å². The number of hydrogen-bond acceptors (Lipinski definition) is 6. The summed E-state index contributed by atoms with van der Waals surface area (Å²) in [6, 6.07) is 13.2. The second-order valence-electron chi connectivity index (χ2n) is 5.76. The number of furan rings is 1. The van der Waals surface area contributed by atoms with Crippen molar-refractivity contribution < 1.29 is 9.62 Å². The Bertz CT molecular complexity index is 808. The van der Waals surface area contributed by atoms with E-state index in [4.69, 9.17) is 4.42 Å². The van der Waals surface area contributed by atoms with Gasteiger partial charge in [-0.3, -0.25) is 0 Å². The summed E-state index contributed by atoms with van der Waals surface area (Å²) in [7, 11) is 0. The molecule has 0 radical (unpaired) electrons. The predicted octanol–water partition coefficient (Wildman–Crippen LogP) is 4.70. The summed E-state index contributed by atoms with van der Waals surface area (Å²) in [5, 5.41) is 17.2. The van der Waals surface area contributed by atoms with Crippen LogP contribution in [0.3, 0.4) is 0 Å². The van der Waals surface area contributed by atoms with Crippen LogP contribution in [0.1, 0.15) is 24.3 Å². The summed E-state index contributed by atoms with van der Waals surface area (Å²) >= 11 is 1.45. The van der Waals surface area contributed by atoms with Crippen molar-refractivity contribution in [1.82, 2.24) is 4.98 Å². The molecule has 0 spiro atoms. The van der Waals surface area contributed by atoms with Crippen LogP contribution in [-0.4, -0.2) is 22.4 Å². The highest BCUT2D eigenvalue weighted by Crippen LogP contribution is 2.33. The Morgan fingerprint density at radius 3 is 2.67 bits per heavy atom. The van der Waals surface area contributed by atoms with E-state index < -0.39 is 0 Å². The Morgan fingerprint density at radius 1 is 1.25 bits per heavy atom. The third-order valence-electron chi connectivity index (χ3n) is 3.41. The van der Waals surface area contributed by atoms with Gasteiger partial charge >= 0.3 is 0 Å². The number of aromatic nitrogens is 1. The van der Waals surface area contributed by atoms with Crippen LogP contribution in [0.2, 0.25) is 0 Å². The van der Waals surface area contributed by atoms with Gasteiger partial charge in [0, 0.05) is 12.1 Å². The van der Waals surface area contributed by atoms with Crippen LogP contribution in [0, 0.1) is 5.92 Å². The molecule has 0 atom stereocenters. The molecule has 0 aliphatic rings. The van der Waals surface area contributed by atoms with Crippen LogP contribution in [0.5, 0.6) is 0 Å². The molecule has 124 valence electrons. The third-order valence-corrected chi connectivity index (χ3v) is 4.43. The molecule has 0 saturated heterocycles. The number of anilines is 1. The van der Waals surface area contributed by atoms with E-state index in [9.17, 15) is 5.21 Å². The zero-order chi connectivity index (χ0) is 16.9. The highest BCUT2D eigenvalue weighted by atomic mass is 32.1. The minimum absolute atomic E-state index is 0.483. The maximum absolute atomic E-state index is 9.60. The van der Waals surface area contributed by atoms with Gasteiger partial charge in [0.1, 0.15) is 11.4 Å². The minimum Gasteiger partial charge on any atom is -0.463 e. The second kappa shape index (κ2) is 7.31. The maximum atomic E-state index is 9.60. The SMILES string of the molecule is CC(C)CNc1nc(-c2ccco2)c(/C(=N/O)c2ccccc2)s1. The molecule has 0 aliphatic carbocycles. The Kier molecular flexibility index (Phi) is 4.96. The molecular formula is C18H19N3O2S. The van der Waals surface area contributed by atoms with Gasteiger partial charge in [0.2, 0.25) is 0 Å². The lowest BCUT2D eigenvalue weighted by Gasteiger charge is -2.04. The van der Waals surface area contributed by atoms with Gasteiger partial charge in [-0.1, -0.05) is 60.7 Å². The zero-order valence-corrected chi connectivity index (χ0v) is 14.4. The number of thiazole rings is 1. The van der Waals surface area contributed by atoms with Gasteiger partial charge in [0.05, 0.1) is 11.1 Å². The lowest BCUT2D eigenvalue weighted by molar-refractivity contribution is 0.320. The molecule has 24 heavy (non-hydrogen) atoms. The van der Waals surface area contributed by atoms with E-state index in [0.29, 0.717) is 23.1 Å². The van der Waals surface area contributed by atoms with Gasteiger partial charge in [-0.2, -0.15) is 0 Å². The Morgan fingerprint density at radius 2 is 2.04 bits per heavy atom. The highest BCUT2D eigenvalue weighted by Gasteiger charge is 2.21. The fourth-order valence-corrected chi connectivity index (χ4v) is 3.24. The monoisotopic (exact) mass is 341 g/mol. The van der Waals surface area contributed by atoms with Gasteiger partial charge < -0.3 is 14.9 Å². The standard InChI is InChI=1S/C18H19N3O2S/c1-12(2)11-19-18-20-16(14-9-6-10-23-14)17(24-18)15(21-22)13-7-4-3-5-8-13/h3-10,12,22H,11H2,1-2H3,(H,19,20)/b21-15+. The quantitative estimate of drug-likeness (QED) is 0.387. The number of oxime groups is 1. The van der Waals surface area contributed by atoms with E-state index in [1.165, 1.54) is 11.3 Å². The van der Waals surface area contributed by atoms with Crippen molar-refractivity contribution in [2.24, 2.45) is 11.1 Å². The molecule has 2 N–H and O–H groups in total. The first kappa shape index (κ1) is 16.3. The summed E-state index contributed by atoms with van der Waals surface area (Å²) < 4.78 is 5.51.